The van der Waals surface area contributed by atoms with Crippen molar-refractivity contribution in [3.8, 4) is 0 Å². The predicted octanol–water partition coefficient (Wildman–Crippen LogP) is 1.97. The third-order valence-corrected chi connectivity index (χ3v) is 3.07. The molecule has 6 heteroatoms. The van der Waals surface area contributed by atoms with E-state index in [0.29, 0.717) is 36.5 Å². The van der Waals surface area contributed by atoms with Crippen LogP contribution in [0.3, 0.4) is 0 Å². The lowest BCUT2D eigenvalue weighted by Gasteiger charge is -2.22. The molecule has 1 rings (SSSR count). The van der Waals surface area contributed by atoms with Crippen molar-refractivity contribution in [2.24, 2.45) is 0 Å². The summed E-state index contributed by atoms with van der Waals surface area (Å²) in [6, 6.07) is 3.52. The molecule has 0 unspecified atom stereocenters. The van der Waals surface area contributed by atoms with Gasteiger partial charge in [-0.2, -0.15) is 0 Å². The summed E-state index contributed by atoms with van der Waals surface area (Å²) in [4.78, 5) is 18.2. The Labute approximate surface area is 122 Å². The molecule has 0 aliphatic heterocycles. The molecule has 0 saturated heterocycles. The molecule has 0 aromatic carbocycles. The van der Waals surface area contributed by atoms with Crippen molar-refractivity contribution in [2.45, 2.75) is 6.42 Å². The molecular formula is C13H19BrN2O3. The number of carbonyl (C=O) groups excluding carboxylic acids is 1. The lowest BCUT2D eigenvalue weighted by atomic mass is 10.2. The van der Waals surface area contributed by atoms with Gasteiger partial charge in [0.05, 0.1) is 12.2 Å². The van der Waals surface area contributed by atoms with Crippen molar-refractivity contribution < 1.29 is 14.3 Å². The molecule has 0 aliphatic carbocycles. The normalized spacial score (nSPS) is 10.5. The Hall–Kier alpha value is -0.980. The van der Waals surface area contributed by atoms with Crippen LogP contribution in [-0.2, 0) is 9.47 Å². The number of hydrogen-bond donors (Lipinski definition) is 0. The molecule has 19 heavy (non-hydrogen) atoms. The van der Waals surface area contributed by atoms with Gasteiger partial charge in [0.15, 0.2) is 0 Å². The lowest BCUT2D eigenvalue weighted by molar-refractivity contribution is 0.0673. The van der Waals surface area contributed by atoms with Crippen molar-refractivity contribution in [1.82, 2.24) is 9.88 Å². The van der Waals surface area contributed by atoms with Crippen LogP contribution in [0.1, 0.15) is 16.8 Å². The van der Waals surface area contributed by atoms with Gasteiger partial charge < -0.3 is 14.4 Å². The van der Waals surface area contributed by atoms with Crippen LogP contribution in [-0.4, -0.2) is 56.3 Å². The smallest absolute Gasteiger partial charge is 0.255 e. The summed E-state index contributed by atoms with van der Waals surface area (Å²) in [5, 5.41) is 0. The third kappa shape index (κ3) is 5.67. The monoisotopic (exact) mass is 330 g/mol. The Morgan fingerprint density at radius 1 is 1.26 bits per heavy atom. The summed E-state index contributed by atoms with van der Waals surface area (Å²) in [5.41, 5.74) is 0.580. The average Bonchev–Trinajstić information content (AvgIpc) is 2.43. The lowest BCUT2D eigenvalue weighted by Crippen LogP contribution is -2.35. The standard InChI is InChI=1S/C13H19BrN2O3/c1-18-8-3-6-16(7-9-19-2)13(17)11-4-5-12(14)15-10-11/h4-5,10H,3,6-9H2,1-2H3. The van der Waals surface area contributed by atoms with Crippen LogP contribution < -0.4 is 0 Å². The predicted molar refractivity (Wildman–Crippen MR) is 76.2 cm³/mol. The van der Waals surface area contributed by atoms with Gasteiger partial charge in [-0.05, 0) is 34.5 Å². The van der Waals surface area contributed by atoms with E-state index in [1.165, 1.54) is 0 Å². The van der Waals surface area contributed by atoms with Crippen LogP contribution in [0.4, 0.5) is 0 Å². The number of ether oxygens (including phenoxy) is 2. The third-order valence-electron chi connectivity index (χ3n) is 2.60. The van der Waals surface area contributed by atoms with E-state index in [4.69, 9.17) is 9.47 Å². The number of nitrogens with zero attached hydrogens (tertiary/aromatic N) is 2. The number of carbonyl (C=O) groups is 1. The van der Waals surface area contributed by atoms with Crippen LogP contribution in [0.25, 0.3) is 0 Å². The highest BCUT2D eigenvalue weighted by Crippen LogP contribution is 2.09. The van der Waals surface area contributed by atoms with E-state index < -0.39 is 0 Å². The molecule has 1 aromatic rings. The van der Waals surface area contributed by atoms with Gasteiger partial charge >= 0.3 is 0 Å². The second-order valence-corrected chi connectivity index (χ2v) is 4.81. The number of amides is 1. The molecule has 106 valence electrons. The maximum absolute atomic E-state index is 12.3. The van der Waals surface area contributed by atoms with E-state index in [0.717, 1.165) is 6.42 Å². The maximum Gasteiger partial charge on any atom is 0.255 e. The Bertz CT molecular complexity index is 384. The summed E-state index contributed by atoms with van der Waals surface area (Å²) in [6.07, 6.45) is 2.37. The van der Waals surface area contributed by atoms with Crippen LogP contribution in [0, 0.1) is 0 Å². The first kappa shape index (κ1) is 16.1. The first-order valence-electron chi connectivity index (χ1n) is 6.07. The SMILES string of the molecule is COCCCN(CCOC)C(=O)c1ccc(Br)nc1. The molecule has 0 atom stereocenters. The summed E-state index contributed by atoms with van der Waals surface area (Å²) in [6.45, 7) is 2.36. The largest absolute Gasteiger partial charge is 0.385 e. The Morgan fingerprint density at radius 3 is 2.58 bits per heavy atom. The molecule has 0 bridgehead atoms. The molecule has 0 radical (unpaired) electrons. The highest BCUT2D eigenvalue weighted by atomic mass is 79.9. The maximum atomic E-state index is 12.3. The first-order valence-corrected chi connectivity index (χ1v) is 6.87. The number of pyridine rings is 1. The zero-order valence-electron chi connectivity index (χ0n) is 11.3. The average molecular weight is 331 g/mol. The van der Waals surface area contributed by atoms with E-state index in [-0.39, 0.29) is 5.91 Å². The van der Waals surface area contributed by atoms with Crippen LogP contribution in [0.2, 0.25) is 0 Å². The molecule has 1 aromatic heterocycles. The Balaban J connectivity index is 2.66. The van der Waals surface area contributed by atoms with Gasteiger partial charge in [-0.25, -0.2) is 4.98 Å². The summed E-state index contributed by atoms with van der Waals surface area (Å²) < 4.78 is 10.8. The van der Waals surface area contributed by atoms with Crippen molar-refractivity contribution in [3.05, 3.63) is 28.5 Å². The van der Waals surface area contributed by atoms with E-state index in [1.54, 1.807) is 37.4 Å². The van der Waals surface area contributed by atoms with Gasteiger partial charge in [0, 0.05) is 40.1 Å². The fraction of sp³-hybridized carbons (Fsp3) is 0.538. The molecular weight excluding hydrogens is 312 g/mol. The Morgan fingerprint density at radius 2 is 2.00 bits per heavy atom. The van der Waals surface area contributed by atoms with Gasteiger partial charge in [0.1, 0.15) is 4.60 Å². The molecule has 0 saturated carbocycles. The van der Waals surface area contributed by atoms with Crippen LogP contribution >= 0.6 is 15.9 Å². The molecule has 0 N–H and O–H groups in total. The minimum absolute atomic E-state index is 0.0341. The van der Waals surface area contributed by atoms with Gasteiger partial charge in [-0.3, -0.25) is 4.79 Å². The van der Waals surface area contributed by atoms with Gasteiger partial charge in [0.25, 0.3) is 5.91 Å². The van der Waals surface area contributed by atoms with E-state index >= 15 is 0 Å². The summed E-state index contributed by atoms with van der Waals surface area (Å²) in [7, 11) is 3.28. The molecule has 1 amide bonds. The second kappa shape index (κ2) is 9.01. The van der Waals surface area contributed by atoms with Crippen LogP contribution in [0.5, 0.6) is 0 Å². The second-order valence-electron chi connectivity index (χ2n) is 4.00. The van der Waals surface area contributed by atoms with Gasteiger partial charge in [0.2, 0.25) is 0 Å². The van der Waals surface area contributed by atoms with Gasteiger partial charge in [-0.15, -0.1) is 0 Å². The first-order chi connectivity index (χ1) is 9.19. The zero-order valence-corrected chi connectivity index (χ0v) is 12.9. The number of halogens is 1. The number of aromatic nitrogens is 1. The molecule has 0 aliphatic rings. The minimum atomic E-state index is -0.0341. The zero-order chi connectivity index (χ0) is 14.1. The topological polar surface area (TPSA) is 51.7 Å². The van der Waals surface area contributed by atoms with E-state index in [1.807, 2.05) is 0 Å². The highest BCUT2D eigenvalue weighted by Gasteiger charge is 2.15. The van der Waals surface area contributed by atoms with Crippen LogP contribution in [0.15, 0.2) is 22.9 Å². The number of hydrogen-bond acceptors (Lipinski definition) is 4. The summed E-state index contributed by atoms with van der Waals surface area (Å²) in [5.74, 6) is -0.0341. The molecule has 5 nitrogen and oxygen atoms in total. The van der Waals surface area contributed by atoms with E-state index in [9.17, 15) is 4.79 Å². The van der Waals surface area contributed by atoms with E-state index in [2.05, 4.69) is 20.9 Å². The molecule has 0 spiro atoms. The highest BCUT2D eigenvalue weighted by molar-refractivity contribution is 9.10. The number of methoxy groups -OCH3 is 2. The van der Waals surface area contributed by atoms with Gasteiger partial charge in [-0.1, -0.05) is 0 Å². The Kier molecular flexibility index (Phi) is 7.62. The summed E-state index contributed by atoms with van der Waals surface area (Å²) >= 11 is 3.25. The quantitative estimate of drug-likeness (QED) is 0.540. The van der Waals surface area contributed by atoms with Crippen molar-refractivity contribution in [1.29, 1.82) is 0 Å². The fourth-order valence-electron chi connectivity index (χ4n) is 1.60. The minimum Gasteiger partial charge on any atom is -0.385 e. The van der Waals surface area contributed by atoms with Crippen molar-refractivity contribution in [3.63, 3.8) is 0 Å². The van der Waals surface area contributed by atoms with Crippen molar-refractivity contribution >= 4 is 21.8 Å². The number of rotatable bonds is 8. The van der Waals surface area contributed by atoms with Crippen molar-refractivity contribution in [2.75, 3.05) is 40.5 Å². The molecule has 1 heterocycles. The fourth-order valence-corrected chi connectivity index (χ4v) is 1.84. The molecule has 0 fully saturated rings.